The fourth-order valence-electron chi connectivity index (χ4n) is 7.67. The lowest BCUT2D eigenvalue weighted by atomic mass is 10.2. The summed E-state index contributed by atoms with van der Waals surface area (Å²) in [7, 11) is 0. The normalized spacial score (nSPS) is 17.3. The zero-order chi connectivity index (χ0) is 45.2. The highest BCUT2D eigenvalue weighted by molar-refractivity contribution is 5.93. The first-order chi connectivity index (χ1) is 31.4. The van der Waals surface area contributed by atoms with E-state index in [4.69, 9.17) is 29.2 Å². The van der Waals surface area contributed by atoms with Gasteiger partial charge in [0.1, 0.15) is 29.6 Å². The van der Waals surface area contributed by atoms with Crippen molar-refractivity contribution in [3.63, 3.8) is 0 Å². The minimum Gasteiger partial charge on any atom is -0.472 e. The highest BCUT2D eigenvalue weighted by atomic mass is 19.4. The molecule has 1 aliphatic carbocycles. The lowest BCUT2D eigenvalue weighted by molar-refractivity contribution is -0.569. The molecule has 2 aliphatic heterocycles. The van der Waals surface area contributed by atoms with Gasteiger partial charge in [0.25, 0.3) is 17.7 Å². The van der Waals surface area contributed by atoms with Crippen LogP contribution in [-0.2, 0) is 16.1 Å². The number of fused-ring (bicyclic) bond motifs is 2. The van der Waals surface area contributed by atoms with Gasteiger partial charge in [0.05, 0.1) is 36.7 Å². The predicted molar refractivity (Wildman–Crippen MR) is 229 cm³/mol. The van der Waals surface area contributed by atoms with Crippen molar-refractivity contribution < 1.29 is 41.5 Å². The van der Waals surface area contributed by atoms with Crippen LogP contribution in [-0.4, -0.2) is 107 Å². The van der Waals surface area contributed by atoms with E-state index in [0.717, 1.165) is 12.8 Å². The number of amides is 2. The number of anilines is 4. The molecule has 6 aromatic heterocycles. The van der Waals surface area contributed by atoms with Crippen molar-refractivity contribution in [3.05, 3.63) is 103 Å². The predicted octanol–water partition coefficient (Wildman–Crippen LogP) is 4.97. The largest absolute Gasteiger partial charge is 0.472 e. The summed E-state index contributed by atoms with van der Waals surface area (Å²) in [6, 6.07) is 11.2. The third-order valence-corrected chi connectivity index (χ3v) is 11.1. The molecule has 3 aliphatic rings. The molecule has 0 aromatic carbocycles. The second-order valence-corrected chi connectivity index (χ2v) is 15.8. The molecule has 21 heteroatoms. The molecule has 1 saturated carbocycles. The van der Waals surface area contributed by atoms with Crippen molar-refractivity contribution >= 4 is 56.9 Å². The van der Waals surface area contributed by atoms with Gasteiger partial charge in [0.2, 0.25) is 29.5 Å². The fourth-order valence-corrected chi connectivity index (χ4v) is 7.67. The molecule has 0 radical (unpaired) electrons. The van der Waals surface area contributed by atoms with Crippen LogP contribution in [0, 0.1) is 5.92 Å². The van der Waals surface area contributed by atoms with Gasteiger partial charge in [0, 0.05) is 56.9 Å². The van der Waals surface area contributed by atoms with Crippen LogP contribution in [0.5, 0.6) is 17.6 Å². The Kier molecular flexibility index (Phi) is 11.7. The van der Waals surface area contributed by atoms with Crippen molar-refractivity contribution in [1.29, 1.82) is 0 Å². The summed E-state index contributed by atoms with van der Waals surface area (Å²) in [5.41, 5.74) is 2.85. The maximum Gasteiger partial charge on any atom is 0.422 e. The number of aromatic nitrogens is 8. The summed E-state index contributed by atoms with van der Waals surface area (Å²) in [5, 5.41) is 6.50. The Labute approximate surface area is 368 Å². The number of ether oxygens (including phenoxy) is 3. The summed E-state index contributed by atoms with van der Waals surface area (Å²) >= 11 is 0. The van der Waals surface area contributed by atoms with Crippen LogP contribution in [0.2, 0.25) is 0 Å². The molecule has 0 unspecified atom stereocenters. The summed E-state index contributed by atoms with van der Waals surface area (Å²) in [5.74, 6) is 0.867. The second-order valence-electron chi connectivity index (χ2n) is 15.8. The molecule has 0 spiro atoms. The molecule has 0 bridgehead atoms. The molecule has 2 amide bonds. The molecule has 6 aromatic rings. The molecule has 8 heterocycles. The van der Waals surface area contributed by atoms with Gasteiger partial charge in [0.15, 0.2) is 29.1 Å². The summed E-state index contributed by atoms with van der Waals surface area (Å²) < 4.78 is 59.3. The SMILES string of the molecule is C=CC(=O)N1CC[C@H](Oc2cc(-[n+]3cnc(Nc4ccc(=O)n(CC5CC5)c4)c4nc(O[C@H]5CCN(C(=O)C=C)C5)ccc43)c3ncnc(Nc4ccc(OCC(F)(F)F)nc4)c3n2)C1. The van der Waals surface area contributed by atoms with E-state index >= 15 is 0 Å². The van der Waals surface area contributed by atoms with Crippen molar-refractivity contribution in [2.45, 2.75) is 50.6 Å². The van der Waals surface area contributed by atoms with Gasteiger partial charge in [-0.05, 0) is 54.1 Å². The highest BCUT2D eigenvalue weighted by Crippen LogP contribution is 2.33. The number of likely N-dealkylation sites (tertiary alicyclic amines) is 2. The Morgan fingerprint density at radius 1 is 0.785 bits per heavy atom. The number of carbonyl (C=O) groups is 2. The van der Waals surface area contributed by atoms with Gasteiger partial charge < -0.3 is 39.2 Å². The molecular weight excluding hydrogens is 850 g/mol. The van der Waals surface area contributed by atoms with Gasteiger partial charge in [-0.25, -0.2) is 24.9 Å². The maximum absolute atomic E-state index is 12.8. The van der Waals surface area contributed by atoms with Crippen molar-refractivity contribution in [2.24, 2.45) is 5.92 Å². The van der Waals surface area contributed by atoms with Gasteiger partial charge >= 0.3 is 6.18 Å². The van der Waals surface area contributed by atoms with E-state index in [1.54, 1.807) is 49.7 Å². The van der Waals surface area contributed by atoms with Crippen LogP contribution in [0.15, 0.2) is 97.6 Å². The van der Waals surface area contributed by atoms with Crippen LogP contribution in [0.1, 0.15) is 25.7 Å². The Morgan fingerprint density at radius 2 is 1.45 bits per heavy atom. The average Bonchev–Trinajstić information content (AvgIpc) is 3.79. The van der Waals surface area contributed by atoms with Gasteiger partial charge in [-0.1, -0.05) is 13.2 Å². The Balaban J connectivity index is 1.13. The zero-order valence-corrected chi connectivity index (χ0v) is 34.8. The van der Waals surface area contributed by atoms with E-state index in [1.165, 1.54) is 42.9 Å². The number of nitrogens with one attached hydrogen (secondary N) is 2. The number of halogens is 3. The van der Waals surface area contributed by atoms with Gasteiger partial charge in [-0.15, -0.1) is 0 Å². The monoisotopic (exact) mass is 891 g/mol. The van der Waals surface area contributed by atoms with E-state index < -0.39 is 18.9 Å². The van der Waals surface area contributed by atoms with Crippen LogP contribution >= 0.6 is 0 Å². The van der Waals surface area contributed by atoms with Crippen molar-refractivity contribution in [3.8, 4) is 23.3 Å². The molecule has 2 N–H and O–H groups in total. The third-order valence-electron chi connectivity index (χ3n) is 11.1. The lowest BCUT2D eigenvalue weighted by Gasteiger charge is -2.17. The van der Waals surface area contributed by atoms with E-state index in [-0.39, 0.29) is 52.5 Å². The minimum atomic E-state index is -4.53. The van der Waals surface area contributed by atoms with Crippen molar-refractivity contribution in [2.75, 3.05) is 43.4 Å². The first-order valence-electron chi connectivity index (χ1n) is 20.8. The quantitative estimate of drug-likeness (QED) is 0.104. The van der Waals surface area contributed by atoms with Crippen LogP contribution < -0.4 is 35.0 Å². The van der Waals surface area contributed by atoms with Gasteiger partial charge in [-0.3, -0.25) is 14.4 Å². The zero-order valence-electron chi connectivity index (χ0n) is 34.8. The molecule has 2 atom stereocenters. The number of nitrogens with zero attached hydrogens (tertiary/aromatic N) is 10. The fraction of sp³-hybridized carbons (Fsp3) is 0.318. The maximum atomic E-state index is 12.8. The molecule has 2 saturated heterocycles. The Bertz CT molecular complexity index is 2880. The summed E-state index contributed by atoms with van der Waals surface area (Å²) in [4.78, 5) is 68.6. The number of alkyl halides is 3. The molecule has 65 heavy (non-hydrogen) atoms. The topological polar surface area (TPSA) is 196 Å². The summed E-state index contributed by atoms with van der Waals surface area (Å²) in [6.07, 6.45) is 6.48. The van der Waals surface area contributed by atoms with Crippen LogP contribution in [0.25, 0.3) is 27.8 Å². The smallest absolute Gasteiger partial charge is 0.422 e. The average molecular weight is 892 g/mol. The summed E-state index contributed by atoms with van der Waals surface area (Å²) in [6.45, 7) is 7.94. The molecule has 3 fully saturated rings. The number of rotatable bonds is 15. The minimum absolute atomic E-state index is 0.111. The van der Waals surface area contributed by atoms with Gasteiger partial charge in [-0.2, -0.15) is 17.7 Å². The first kappa shape index (κ1) is 42.6. The number of pyridine rings is 4. The van der Waals surface area contributed by atoms with E-state index in [9.17, 15) is 27.6 Å². The van der Waals surface area contributed by atoms with Crippen LogP contribution in [0.3, 0.4) is 0 Å². The third kappa shape index (κ3) is 9.77. The Hall–Kier alpha value is -7.71. The molecular formula is C44H42F3N12O6+. The lowest BCUT2D eigenvalue weighted by Crippen LogP contribution is -2.34. The molecule has 18 nitrogen and oxygen atoms in total. The molecule has 9 rings (SSSR count). The van der Waals surface area contributed by atoms with Crippen molar-refractivity contribution in [1.82, 2.24) is 44.3 Å². The van der Waals surface area contributed by atoms with E-state index in [1.807, 2.05) is 6.07 Å². The van der Waals surface area contributed by atoms with Crippen LogP contribution in [0.4, 0.5) is 36.2 Å². The molecule has 334 valence electrons. The number of hydrogen-bond acceptors (Lipinski definition) is 14. The standard InChI is InChI=1S/C44H41F3N12O6/c1-3-36(60)56-15-13-29(21-56)64-34-11-9-31-40(54-34)42(53-28-8-12-38(62)58(20-28)19-26-5-6-26)51-25-59(31)32-17-35(65-30-14-16-57(22-30)37(61)4-2)55-41-39(32)49-24-50-43(41)52-27-7-10-33(48-18-27)63-23-44(45,46)47/h3-4,7-12,17-18,20,24-26,29-30H,1-2,5-6,13-16,19,21-23H2,(H,49,50,52)/p+1/t29-,30-/m0/s1. The number of carbonyl (C=O) groups excluding carboxylic acids is 2. The first-order valence-corrected chi connectivity index (χ1v) is 20.8. The van der Waals surface area contributed by atoms with E-state index in [0.29, 0.717) is 90.9 Å². The second kappa shape index (κ2) is 17.8. The Morgan fingerprint density at radius 3 is 2.12 bits per heavy atom. The highest BCUT2D eigenvalue weighted by Gasteiger charge is 2.31. The van der Waals surface area contributed by atoms with E-state index in [2.05, 4.69) is 38.7 Å². The number of hydrogen-bond donors (Lipinski definition) is 2.